The SMILES string of the molecule is COc1cccc([C@H]2CN(C(=O)OC(C)(C)C)CC[C@H]2N)c1. The van der Waals surface area contributed by atoms with Crippen molar-refractivity contribution < 1.29 is 14.3 Å². The van der Waals surface area contributed by atoms with Gasteiger partial charge >= 0.3 is 6.09 Å². The van der Waals surface area contributed by atoms with Gasteiger partial charge in [-0.25, -0.2) is 4.79 Å². The molecule has 2 N–H and O–H groups in total. The summed E-state index contributed by atoms with van der Waals surface area (Å²) in [7, 11) is 1.65. The predicted molar refractivity (Wildman–Crippen MR) is 86.1 cm³/mol. The number of nitrogens with two attached hydrogens (primary N) is 1. The molecule has 2 rings (SSSR count). The molecular formula is C17H26N2O3. The minimum atomic E-state index is -0.484. The molecule has 0 aromatic heterocycles. The van der Waals surface area contributed by atoms with E-state index in [1.165, 1.54) is 0 Å². The molecule has 0 radical (unpaired) electrons. The molecular weight excluding hydrogens is 280 g/mol. The molecule has 1 aliphatic heterocycles. The molecule has 2 atom stereocenters. The molecule has 1 aliphatic rings. The van der Waals surface area contributed by atoms with Crippen LogP contribution >= 0.6 is 0 Å². The van der Waals surface area contributed by atoms with Crippen LogP contribution in [0.25, 0.3) is 0 Å². The maximum atomic E-state index is 12.3. The summed E-state index contributed by atoms with van der Waals surface area (Å²) in [5.41, 5.74) is 6.89. The lowest BCUT2D eigenvalue weighted by Gasteiger charge is -2.37. The number of hydrogen-bond acceptors (Lipinski definition) is 4. The topological polar surface area (TPSA) is 64.8 Å². The summed E-state index contributed by atoms with van der Waals surface area (Å²) in [6.07, 6.45) is 0.494. The molecule has 5 heteroatoms. The van der Waals surface area contributed by atoms with Crippen LogP contribution in [0.2, 0.25) is 0 Å². The van der Waals surface area contributed by atoms with Gasteiger partial charge in [-0.05, 0) is 44.9 Å². The first-order valence-corrected chi connectivity index (χ1v) is 7.67. The number of methoxy groups -OCH3 is 1. The van der Waals surface area contributed by atoms with Gasteiger partial charge in [0.15, 0.2) is 0 Å². The maximum absolute atomic E-state index is 12.3. The zero-order chi connectivity index (χ0) is 16.3. The van der Waals surface area contributed by atoms with Gasteiger partial charge in [0.2, 0.25) is 0 Å². The number of amides is 1. The van der Waals surface area contributed by atoms with Gasteiger partial charge in [-0.2, -0.15) is 0 Å². The van der Waals surface area contributed by atoms with Gasteiger partial charge in [-0.1, -0.05) is 12.1 Å². The number of hydrogen-bond donors (Lipinski definition) is 1. The number of piperidine rings is 1. The van der Waals surface area contributed by atoms with Crippen LogP contribution in [0.1, 0.15) is 38.7 Å². The molecule has 1 fully saturated rings. The lowest BCUT2D eigenvalue weighted by molar-refractivity contribution is 0.0186. The van der Waals surface area contributed by atoms with Crippen molar-refractivity contribution in [2.24, 2.45) is 5.73 Å². The second-order valence-corrected chi connectivity index (χ2v) is 6.76. The second-order valence-electron chi connectivity index (χ2n) is 6.76. The van der Waals surface area contributed by atoms with Crippen molar-refractivity contribution in [3.05, 3.63) is 29.8 Å². The van der Waals surface area contributed by atoms with E-state index in [4.69, 9.17) is 15.2 Å². The standard InChI is InChI=1S/C17H26N2O3/c1-17(2,3)22-16(20)19-9-8-15(18)14(11-19)12-6-5-7-13(10-12)21-4/h5-7,10,14-15H,8-9,11,18H2,1-4H3/t14-,15-/m1/s1. The highest BCUT2D eigenvalue weighted by Crippen LogP contribution is 2.29. The van der Waals surface area contributed by atoms with Crippen molar-refractivity contribution in [1.29, 1.82) is 0 Å². The van der Waals surface area contributed by atoms with Crippen LogP contribution in [0.5, 0.6) is 5.75 Å². The average Bonchev–Trinajstić information content (AvgIpc) is 2.46. The Morgan fingerprint density at radius 2 is 2.09 bits per heavy atom. The largest absolute Gasteiger partial charge is 0.497 e. The highest BCUT2D eigenvalue weighted by atomic mass is 16.6. The van der Waals surface area contributed by atoms with Gasteiger partial charge in [0.25, 0.3) is 0 Å². The Hall–Kier alpha value is -1.75. The number of carbonyl (C=O) groups is 1. The Kier molecular flexibility index (Phi) is 4.96. The Morgan fingerprint density at radius 1 is 1.36 bits per heavy atom. The van der Waals surface area contributed by atoms with E-state index in [0.717, 1.165) is 17.7 Å². The summed E-state index contributed by atoms with van der Waals surface area (Å²) in [5, 5.41) is 0. The van der Waals surface area contributed by atoms with Crippen molar-refractivity contribution >= 4 is 6.09 Å². The zero-order valence-corrected chi connectivity index (χ0v) is 13.8. The number of ether oxygens (including phenoxy) is 2. The fraction of sp³-hybridized carbons (Fsp3) is 0.588. The summed E-state index contributed by atoms with van der Waals surface area (Å²) in [6.45, 7) is 6.83. The molecule has 122 valence electrons. The van der Waals surface area contributed by atoms with Crippen LogP contribution in [0.4, 0.5) is 4.79 Å². The summed E-state index contributed by atoms with van der Waals surface area (Å²) < 4.78 is 10.7. The monoisotopic (exact) mass is 306 g/mol. The zero-order valence-electron chi connectivity index (χ0n) is 13.8. The van der Waals surface area contributed by atoms with Gasteiger partial charge in [0, 0.05) is 25.0 Å². The first kappa shape index (κ1) is 16.6. The van der Waals surface area contributed by atoms with Gasteiger partial charge < -0.3 is 20.1 Å². The summed E-state index contributed by atoms with van der Waals surface area (Å²) in [4.78, 5) is 14.0. The van der Waals surface area contributed by atoms with E-state index < -0.39 is 5.60 Å². The predicted octanol–water partition coefficient (Wildman–Crippen LogP) is 2.75. The molecule has 1 saturated heterocycles. The minimum Gasteiger partial charge on any atom is -0.497 e. The van der Waals surface area contributed by atoms with Gasteiger partial charge in [0.05, 0.1) is 7.11 Å². The number of benzene rings is 1. The third kappa shape index (κ3) is 4.13. The Labute approximate surface area is 132 Å². The maximum Gasteiger partial charge on any atom is 0.410 e. The molecule has 1 aromatic rings. The molecule has 5 nitrogen and oxygen atoms in total. The van der Waals surface area contributed by atoms with Crippen molar-refractivity contribution in [3.63, 3.8) is 0 Å². The molecule has 22 heavy (non-hydrogen) atoms. The first-order valence-electron chi connectivity index (χ1n) is 7.67. The number of likely N-dealkylation sites (tertiary alicyclic amines) is 1. The van der Waals surface area contributed by atoms with E-state index in [9.17, 15) is 4.79 Å². The van der Waals surface area contributed by atoms with E-state index in [0.29, 0.717) is 13.1 Å². The highest BCUT2D eigenvalue weighted by molar-refractivity contribution is 5.68. The molecule has 0 aliphatic carbocycles. The number of carbonyl (C=O) groups excluding carboxylic acids is 1. The van der Waals surface area contributed by atoms with Crippen molar-refractivity contribution in [2.45, 2.75) is 44.8 Å². The van der Waals surface area contributed by atoms with Crippen LogP contribution in [0.15, 0.2) is 24.3 Å². The Balaban J connectivity index is 2.12. The fourth-order valence-electron chi connectivity index (χ4n) is 2.69. The van der Waals surface area contributed by atoms with Crippen LogP contribution in [-0.2, 0) is 4.74 Å². The normalized spacial score (nSPS) is 22.3. The number of nitrogens with zero attached hydrogens (tertiary/aromatic N) is 1. The highest BCUT2D eigenvalue weighted by Gasteiger charge is 2.32. The molecule has 0 spiro atoms. The van der Waals surface area contributed by atoms with E-state index in [-0.39, 0.29) is 18.1 Å². The van der Waals surface area contributed by atoms with Crippen LogP contribution in [0.3, 0.4) is 0 Å². The fourth-order valence-corrected chi connectivity index (χ4v) is 2.69. The molecule has 1 aromatic carbocycles. The second kappa shape index (κ2) is 6.57. The van der Waals surface area contributed by atoms with Crippen LogP contribution in [0, 0.1) is 0 Å². The first-order chi connectivity index (χ1) is 10.3. The Morgan fingerprint density at radius 3 is 2.73 bits per heavy atom. The third-order valence-corrected chi connectivity index (χ3v) is 3.84. The molecule has 0 saturated carbocycles. The average molecular weight is 306 g/mol. The smallest absolute Gasteiger partial charge is 0.410 e. The summed E-state index contributed by atoms with van der Waals surface area (Å²) in [6, 6.07) is 7.91. The quantitative estimate of drug-likeness (QED) is 0.912. The van der Waals surface area contributed by atoms with E-state index in [1.807, 2.05) is 45.0 Å². The third-order valence-electron chi connectivity index (χ3n) is 3.84. The van der Waals surface area contributed by atoms with E-state index in [1.54, 1.807) is 12.0 Å². The molecule has 1 amide bonds. The van der Waals surface area contributed by atoms with E-state index >= 15 is 0 Å². The van der Waals surface area contributed by atoms with Crippen LogP contribution in [-0.4, -0.2) is 42.8 Å². The van der Waals surface area contributed by atoms with Crippen molar-refractivity contribution in [1.82, 2.24) is 4.90 Å². The minimum absolute atomic E-state index is 0.0331. The number of rotatable bonds is 2. The lowest BCUT2D eigenvalue weighted by Crippen LogP contribution is -2.49. The molecule has 0 bridgehead atoms. The Bertz CT molecular complexity index is 525. The van der Waals surface area contributed by atoms with Crippen LogP contribution < -0.4 is 10.5 Å². The van der Waals surface area contributed by atoms with Crippen molar-refractivity contribution in [2.75, 3.05) is 20.2 Å². The van der Waals surface area contributed by atoms with Gasteiger partial charge in [0.1, 0.15) is 11.4 Å². The lowest BCUT2D eigenvalue weighted by atomic mass is 9.86. The molecule has 1 heterocycles. The van der Waals surface area contributed by atoms with Gasteiger partial charge in [-0.15, -0.1) is 0 Å². The van der Waals surface area contributed by atoms with Gasteiger partial charge in [-0.3, -0.25) is 0 Å². The van der Waals surface area contributed by atoms with E-state index in [2.05, 4.69) is 0 Å². The summed E-state index contributed by atoms with van der Waals surface area (Å²) in [5.74, 6) is 0.899. The summed E-state index contributed by atoms with van der Waals surface area (Å²) >= 11 is 0. The van der Waals surface area contributed by atoms with Crippen molar-refractivity contribution in [3.8, 4) is 5.75 Å². The molecule has 0 unspecified atom stereocenters.